The third-order valence-electron chi connectivity index (χ3n) is 4.70. The zero-order valence-corrected chi connectivity index (χ0v) is 18.8. The summed E-state index contributed by atoms with van der Waals surface area (Å²) in [5.41, 5.74) is 11.0. The molecular weight excluding hydrogens is 470 g/mol. The van der Waals surface area contributed by atoms with Crippen LogP contribution < -0.4 is 27.4 Å². The molecule has 35 heavy (non-hydrogen) atoms. The Hall–Kier alpha value is -4.05. The maximum absolute atomic E-state index is 13.0. The zero-order valence-electron chi connectivity index (χ0n) is 18.8. The Morgan fingerprint density at radius 3 is 2.11 bits per heavy atom. The maximum atomic E-state index is 13.0. The SMILES string of the molecule is CC(O)C(NC(=O)C(CCC(=O)O)NC(=O)C(Cc1cnc[nH]1)NC(=O)C(N)CC(N)=O)C(=O)O. The van der Waals surface area contributed by atoms with Gasteiger partial charge in [-0.2, -0.15) is 0 Å². The Kier molecular flexibility index (Phi) is 11.3. The predicted molar refractivity (Wildman–Crippen MR) is 116 cm³/mol. The molecule has 4 amide bonds. The van der Waals surface area contributed by atoms with E-state index in [4.69, 9.17) is 21.7 Å². The lowest BCUT2D eigenvalue weighted by molar-refractivity contribution is -0.145. The Labute approximate surface area is 198 Å². The molecule has 0 aromatic carbocycles. The van der Waals surface area contributed by atoms with Crippen molar-refractivity contribution in [2.75, 3.05) is 0 Å². The van der Waals surface area contributed by atoms with Crippen LogP contribution in [0.2, 0.25) is 0 Å². The summed E-state index contributed by atoms with van der Waals surface area (Å²) >= 11 is 0. The second-order valence-corrected chi connectivity index (χ2v) is 7.68. The van der Waals surface area contributed by atoms with Crippen molar-refractivity contribution in [1.82, 2.24) is 25.9 Å². The number of aromatic amines is 1. The molecule has 1 aromatic rings. The number of imidazole rings is 1. The Morgan fingerprint density at radius 2 is 1.63 bits per heavy atom. The fourth-order valence-corrected chi connectivity index (χ4v) is 2.87. The molecule has 1 rings (SSSR count). The highest BCUT2D eigenvalue weighted by atomic mass is 16.4. The summed E-state index contributed by atoms with van der Waals surface area (Å²) in [6.07, 6.45) is -0.452. The number of primary amides is 1. The second-order valence-electron chi connectivity index (χ2n) is 7.68. The van der Waals surface area contributed by atoms with Crippen LogP contribution in [0, 0.1) is 0 Å². The van der Waals surface area contributed by atoms with Crippen molar-refractivity contribution in [3.63, 3.8) is 0 Å². The van der Waals surface area contributed by atoms with Gasteiger partial charge in [0.05, 0.1) is 24.9 Å². The van der Waals surface area contributed by atoms with Crippen LogP contribution in [0.15, 0.2) is 12.5 Å². The van der Waals surface area contributed by atoms with E-state index in [9.17, 15) is 33.9 Å². The molecule has 5 unspecified atom stereocenters. The lowest BCUT2D eigenvalue weighted by atomic mass is 10.1. The Bertz CT molecular complexity index is 920. The highest BCUT2D eigenvalue weighted by Crippen LogP contribution is 2.05. The monoisotopic (exact) mass is 499 g/mol. The number of aliphatic hydroxyl groups excluding tert-OH is 1. The number of H-pyrrole nitrogens is 1. The minimum absolute atomic E-state index is 0.153. The van der Waals surface area contributed by atoms with Gasteiger partial charge in [-0.05, 0) is 13.3 Å². The lowest BCUT2D eigenvalue weighted by Gasteiger charge is -2.25. The molecule has 0 bridgehead atoms. The molecule has 16 nitrogen and oxygen atoms in total. The molecule has 0 saturated carbocycles. The molecule has 194 valence electrons. The number of aliphatic carboxylic acids is 2. The first kappa shape index (κ1) is 29.0. The summed E-state index contributed by atoms with van der Waals surface area (Å²) in [5.74, 6) is -6.58. The van der Waals surface area contributed by atoms with Crippen molar-refractivity contribution in [2.24, 2.45) is 11.5 Å². The number of carboxylic acids is 2. The molecule has 0 saturated heterocycles. The van der Waals surface area contributed by atoms with E-state index in [1.165, 1.54) is 12.5 Å². The molecule has 5 atom stereocenters. The number of aliphatic hydroxyl groups is 1. The van der Waals surface area contributed by atoms with Crippen LogP contribution in [-0.2, 0) is 35.2 Å². The number of nitrogens with two attached hydrogens (primary N) is 2. The summed E-state index contributed by atoms with van der Waals surface area (Å²) in [7, 11) is 0. The van der Waals surface area contributed by atoms with Crippen LogP contribution in [-0.4, -0.2) is 91.1 Å². The highest BCUT2D eigenvalue weighted by Gasteiger charge is 2.32. The summed E-state index contributed by atoms with van der Waals surface area (Å²) in [4.78, 5) is 77.8. The van der Waals surface area contributed by atoms with Gasteiger partial charge in [0, 0.05) is 24.7 Å². The highest BCUT2D eigenvalue weighted by molar-refractivity contribution is 5.95. The summed E-state index contributed by atoms with van der Waals surface area (Å²) in [6.45, 7) is 1.12. The third-order valence-corrected chi connectivity index (χ3v) is 4.70. The number of carboxylic acid groups (broad SMARTS) is 2. The first-order chi connectivity index (χ1) is 16.3. The van der Waals surface area contributed by atoms with Gasteiger partial charge in [-0.3, -0.25) is 24.0 Å². The van der Waals surface area contributed by atoms with Crippen molar-refractivity contribution in [1.29, 1.82) is 0 Å². The second kappa shape index (κ2) is 13.6. The van der Waals surface area contributed by atoms with E-state index < -0.39 is 85.1 Å². The average Bonchev–Trinajstić information content (AvgIpc) is 3.26. The van der Waals surface area contributed by atoms with E-state index in [1.54, 1.807) is 0 Å². The summed E-state index contributed by atoms with van der Waals surface area (Å²) in [5, 5.41) is 34.4. The number of hydrogen-bond acceptors (Lipinski definition) is 9. The minimum atomic E-state index is -1.72. The van der Waals surface area contributed by atoms with Crippen molar-refractivity contribution < 1.29 is 44.1 Å². The van der Waals surface area contributed by atoms with Gasteiger partial charge in [0.1, 0.15) is 12.1 Å². The van der Waals surface area contributed by atoms with Gasteiger partial charge in [0.2, 0.25) is 23.6 Å². The molecule has 11 N–H and O–H groups in total. The van der Waals surface area contributed by atoms with E-state index >= 15 is 0 Å². The minimum Gasteiger partial charge on any atom is -0.481 e. The van der Waals surface area contributed by atoms with Crippen molar-refractivity contribution in [2.45, 2.75) is 62.9 Å². The molecule has 0 radical (unpaired) electrons. The van der Waals surface area contributed by atoms with Gasteiger partial charge in [0.25, 0.3) is 0 Å². The maximum Gasteiger partial charge on any atom is 0.328 e. The van der Waals surface area contributed by atoms with Crippen LogP contribution in [0.4, 0.5) is 0 Å². The molecule has 0 spiro atoms. The molecule has 1 heterocycles. The van der Waals surface area contributed by atoms with E-state index in [0.29, 0.717) is 5.69 Å². The predicted octanol–water partition coefficient (Wildman–Crippen LogP) is -4.06. The van der Waals surface area contributed by atoms with Gasteiger partial charge < -0.3 is 47.7 Å². The molecule has 16 heteroatoms. The number of rotatable bonds is 15. The normalized spacial score (nSPS) is 15.1. The topological polar surface area (TPSA) is 280 Å². The third kappa shape index (κ3) is 10.2. The van der Waals surface area contributed by atoms with Gasteiger partial charge in [-0.15, -0.1) is 0 Å². The van der Waals surface area contributed by atoms with E-state index in [1.807, 2.05) is 5.32 Å². The molecular formula is C19H29N7O9. The van der Waals surface area contributed by atoms with Crippen molar-refractivity contribution in [3.8, 4) is 0 Å². The number of nitrogens with one attached hydrogen (secondary N) is 4. The van der Waals surface area contributed by atoms with Gasteiger partial charge >= 0.3 is 11.9 Å². The molecule has 0 aliphatic heterocycles. The number of carbonyl (C=O) groups is 6. The first-order valence-electron chi connectivity index (χ1n) is 10.4. The smallest absolute Gasteiger partial charge is 0.328 e. The van der Waals surface area contributed by atoms with Crippen LogP contribution in [0.5, 0.6) is 0 Å². The molecule has 0 aliphatic rings. The number of hydrogen-bond donors (Lipinski definition) is 9. The van der Waals surface area contributed by atoms with Crippen LogP contribution in [0.1, 0.15) is 31.9 Å². The largest absolute Gasteiger partial charge is 0.481 e. The average molecular weight is 499 g/mol. The standard InChI is InChI=1S/C19H29N7O9/c1-8(27)15(19(34)35)26-17(32)11(2-3-14(29)30)24-18(33)12(4-9-6-22-7-23-9)25-16(31)10(20)5-13(21)28/h6-8,10-12,15,27H,2-5,20H2,1H3,(H2,21,28)(H,22,23)(H,24,33)(H,25,31)(H,26,32)(H,29,30)(H,34,35). The van der Waals surface area contributed by atoms with Gasteiger partial charge in [-0.25, -0.2) is 9.78 Å². The fourth-order valence-electron chi connectivity index (χ4n) is 2.87. The van der Waals surface area contributed by atoms with Crippen LogP contribution >= 0.6 is 0 Å². The molecule has 0 fully saturated rings. The first-order valence-corrected chi connectivity index (χ1v) is 10.4. The van der Waals surface area contributed by atoms with Crippen molar-refractivity contribution in [3.05, 3.63) is 18.2 Å². The van der Waals surface area contributed by atoms with Crippen LogP contribution in [0.25, 0.3) is 0 Å². The van der Waals surface area contributed by atoms with Crippen LogP contribution in [0.3, 0.4) is 0 Å². The fraction of sp³-hybridized carbons (Fsp3) is 0.526. The summed E-state index contributed by atoms with van der Waals surface area (Å²) < 4.78 is 0. The lowest BCUT2D eigenvalue weighted by Crippen LogP contribution is -2.58. The van der Waals surface area contributed by atoms with Gasteiger partial charge in [0.15, 0.2) is 6.04 Å². The van der Waals surface area contributed by atoms with Crippen molar-refractivity contribution >= 4 is 35.6 Å². The summed E-state index contributed by atoms with van der Waals surface area (Å²) in [6, 6.07) is -5.97. The van der Waals surface area contributed by atoms with Gasteiger partial charge in [-0.1, -0.05) is 0 Å². The number of amides is 4. The zero-order chi connectivity index (χ0) is 26.7. The Morgan fingerprint density at radius 1 is 1.03 bits per heavy atom. The number of aromatic nitrogens is 2. The molecule has 0 aliphatic carbocycles. The van der Waals surface area contributed by atoms with E-state index in [0.717, 1.165) is 6.92 Å². The van der Waals surface area contributed by atoms with E-state index in [2.05, 4.69) is 20.6 Å². The molecule has 1 aromatic heterocycles. The number of carbonyl (C=O) groups excluding carboxylic acids is 4. The van der Waals surface area contributed by atoms with E-state index in [-0.39, 0.29) is 6.42 Å². The number of nitrogens with zero attached hydrogens (tertiary/aromatic N) is 1. The Balaban J connectivity index is 3.09. The quantitative estimate of drug-likeness (QED) is 0.112.